The van der Waals surface area contributed by atoms with Crippen LogP contribution in [-0.2, 0) is 6.54 Å². The Morgan fingerprint density at radius 3 is 2.94 bits per heavy atom. The van der Waals surface area contributed by atoms with Gasteiger partial charge in [-0.25, -0.2) is 0 Å². The van der Waals surface area contributed by atoms with E-state index in [0.29, 0.717) is 23.3 Å². The summed E-state index contributed by atoms with van der Waals surface area (Å²) in [6.45, 7) is 5.42. The number of aromatic nitrogens is 2. The largest absolute Gasteiger partial charge is 0.419 e. The number of rotatable bonds is 4. The molecule has 0 fully saturated rings. The molecule has 1 N–H and O–H groups in total. The molecule has 0 saturated heterocycles. The van der Waals surface area contributed by atoms with E-state index in [0.717, 1.165) is 17.7 Å². The van der Waals surface area contributed by atoms with Gasteiger partial charge in [0.25, 0.3) is 0 Å². The van der Waals surface area contributed by atoms with Gasteiger partial charge >= 0.3 is 0 Å². The molecule has 0 amide bonds. The van der Waals surface area contributed by atoms with Gasteiger partial charge in [0.05, 0.1) is 6.54 Å². The van der Waals surface area contributed by atoms with Crippen LogP contribution in [0.15, 0.2) is 22.6 Å². The van der Waals surface area contributed by atoms with Gasteiger partial charge in [0, 0.05) is 10.6 Å². The summed E-state index contributed by atoms with van der Waals surface area (Å²) >= 11 is 6.05. The molecule has 0 unspecified atom stereocenters. The first-order chi connectivity index (χ1) is 8.22. The van der Waals surface area contributed by atoms with Crippen molar-refractivity contribution in [3.8, 4) is 11.5 Å². The average Bonchev–Trinajstić information content (AvgIpc) is 2.78. The SMILES string of the molecule is CCNCc1nnc(-c2cccc(Cl)c2C)o1. The standard InChI is InChI=1S/C12H14ClN3O/c1-3-14-7-11-15-16-12(17-11)9-5-4-6-10(13)8(9)2/h4-6,14H,3,7H2,1-2H3. The van der Waals surface area contributed by atoms with Crippen LogP contribution >= 0.6 is 11.6 Å². The summed E-state index contributed by atoms with van der Waals surface area (Å²) < 4.78 is 5.56. The molecule has 0 radical (unpaired) electrons. The van der Waals surface area contributed by atoms with Gasteiger partial charge < -0.3 is 9.73 Å². The molecule has 1 aromatic heterocycles. The quantitative estimate of drug-likeness (QED) is 0.908. The maximum Gasteiger partial charge on any atom is 0.248 e. The van der Waals surface area contributed by atoms with Crippen LogP contribution < -0.4 is 5.32 Å². The van der Waals surface area contributed by atoms with Gasteiger partial charge in [-0.05, 0) is 31.2 Å². The van der Waals surface area contributed by atoms with Gasteiger partial charge in [0.15, 0.2) is 0 Å². The van der Waals surface area contributed by atoms with E-state index in [1.807, 2.05) is 32.0 Å². The highest BCUT2D eigenvalue weighted by molar-refractivity contribution is 6.31. The zero-order valence-corrected chi connectivity index (χ0v) is 10.6. The lowest BCUT2D eigenvalue weighted by Crippen LogP contribution is -2.11. The van der Waals surface area contributed by atoms with E-state index in [1.54, 1.807) is 0 Å². The summed E-state index contributed by atoms with van der Waals surface area (Å²) in [5, 5.41) is 11.8. The normalized spacial score (nSPS) is 10.8. The fraction of sp³-hybridized carbons (Fsp3) is 0.333. The van der Waals surface area contributed by atoms with Gasteiger partial charge in [0.1, 0.15) is 0 Å². The highest BCUT2D eigenvalue weighted by Gasteiger charge is 2.11. The average molecular weight is 252 g/mol. The molecule has 0 bridgehead atoms. The van der Waals surface area contributed by atoms with Gasteiger partial charge in [-0.2, -0.15) is 0 Å². The van der Waals surface area contributed by atoms with E-state index in [1.165, 1.54) is 0 Å². The fourth-order valence-corrected chi connectivity index (χ4v) is 1.68. The van der Waals surface area contributed by atoms with Crippen molar-refractivity contribution in [2.75, 3.05) is 6.54 Å². The monoisotopic (exact) mass is 251 g/mol. The molecule has 5 heteroatoms. The third kappa shape index (κ3) is 2.65. The molecule has 2 rings (SSSR count). The van der Waals surface area contributed by atoms with E-state index < -0.39 is 0 Å². The van der Waals surface area contributed by atoms with Gasteiger partial charge in [-0.15, -0.1) is 10.2 Å². The second-order valence-corrected chi connectivity index (χ2v) is 4.10. The van der Waals surface area contributed by atoms with Gasteiger partial charge in [-0.3, -0.25) is 0 Å². The minimum Gasteiger partial charge on any atom is -0.419 e. The van der Waals surface area contributed by atoms with Crippen molar-refractivity contribution >= 4 is 11.6 Å². The summed E-state index contributed by atoms with van der Waals surface area (Å²) in [5.74, 6) is 1.10. The van der Waals surface area contributed by atoms with Gasteiger partial charge in [0.2, 0.25) is 11.8 Å². The Morgan fingerprint density at radius 2 is 2.18 bits per heavy atom. The second-order valence-electron chi connectivity index (χ2n) is 3.69. The van der Waals surface area contributed by atoms with Crippen LogP contribution in [0.2, 0.25) is 5.02 Å². The van der Waals surface area contributed by atoms with Crippen molar-refractivity contribution in [2.45, 2.75) is 20.4 Å². The minimum absolute atomic E-state index is 0.512. The van der Waals surface area contributed by atoms with Crippen molar-refractivity contribution < 1.29 is 4.42 Å². The topological polar surface area (TPSA) is 51.0 Å². The van der Waals surface area contributed by atoms with E-state index >= 15 is 0 Å². The first-order valence-electron chi connectivity index (χ1n) is 5.51. The summed E-state index contributed by atoms with van der Waals surface area (Å²) in [6.07, 6.45) is 0. The minimum atomic E-state index is 0.512. The van der Waals surface area contributed by atoms with Crippen LogP contribution in [0.1, 0.15) is 18.4 Å². The van der Waals surface area contributed by atoms with Crippen molar-refractivity contribution in [3.05, 3.63) is 34.7 Å². The van der Waals surface area contributed by atoms with E-state index in [4.69, 9.17) is 16.0 Å². The fourth-order valence-electron chi connectivity index (χ4n) is 1.50. The van der Waals surface area contributed by atoms with Gasteiger partial charge in [-0.1, -0.05) is 24.6 Å². The van der Waals surface area contributed by atoms with E-state index in [-0.39, 0.29) is 0 Å². The van der Waals surface area contributed by atoms with Crippen LogP contribution in [0.3, 0.4) is 0 Å². The lowest BCUT2D eigenvalue weighted by atomic mass is 10.1. The molecule has 17 heavy (non-hydrogen) atoms. The Kier molecular flexibility index (Phi) is 3.76. The molecule has 1 heterocycles. The third-order valence-corrected chi connectivity index (χ3v) is 2.90. The van der Waals surface area contributed by atoms with Crippen molar-refractivity contribution in [1.29, 1.82) is 0 Å². The van der Waals surface area contributed by atoms with Crippen LogP contribution in [0.25, 0.3) is 11.5 Å². The summed E-state index contributed by atoms with van der Waals surface area (Å²) in [5.41, 5.74) is 1.83. The number of nitrogens with one attached hydrogen (secondary N) is 1. The molecular weight excluding hydrogens is 238 g/mol. The Hall–Kier alpha value is -1.39. The third-order valence-electron chi connectivity index (χ3n) is 2.49. The molecule has 0 saturated carbocycles. The van der Waals surface area contributed by atoms with Crippen LogP contribution in [0.5, 0.6) is 0 Å². The number of halogens is 1. The smallest absolute Gasteiger partial charge is 0.248 e. The highest BCUT2D eigenvalue weighted by Crippen LogP contribution is 2.27. The molecule has 0 aliphatic rings. The molecule has 1 aromatic carbocycles. The van der Waals surface area contributed by atoms with E-state index in [9.17, 15) is 0 Å². The molecule has 0 atom stereocenters. The molecule has 4 nitrogen and oxygen atoms in total. The maximum absolute atomic E-state index is 6.05. The first kappa shape index (κ1) is 12.1. The Morgan fingerprint density at radius 1 is 1.35 bits per heavy atom. The number of nitrogens with zero attached hydrogens (tertiary/aromatic N) is 2. The maximum atomic E-state index is 6.05. The molecule has 0 spiro atoms. The zero-order chi connectivity index (χ0) is 12.3. The Bertz CT molecular complexity index is 510. The van der Waals surface area contributed by atoms with Crippen molar-refractivity contribution in [2.24, 2.45) is 0 Å². The highest BCUT2D eigenvalue weighted by atomic mass is 35.5. The van der Waals surface area contributed by atoms with Crippen molar-refractivity contribution in [1.82, 2.24) is 15.5 Å². The second kappa shape index (κ2) is 5.29. The van der Waals surface area contributed by atoms with E-state index in [2.05, 4.69) is 15.5 Å². The predicted molar refractivity (Wildman–Crippen MR) is 66.9 cm³/mol. The molecule has 2 aromatic rings. The molecule has 90 valence electrons. The number of hydrogen-bond donors (Lipinski definition) is 1. The summed E-state index contributed by atoms with van der Waals surface area (Å²) in [6, 6.07) is 5.64. The number of hydrogen-bond acceptors (Lipinski definition) is 4. The molecule has 0 aliphatic heterocycles. The van der Waals surface area contributed by atoms with Crippen LogP contribution in [0.4, 0.5) is 0 Å². The zero-order valence-electron chi connectivity index (χ0n) is 9.83. The first-order valence-corrected chi connectivity index (χ1v) is 5.88. The molecular formula is C12H14ClN3O. The Labute approximate surface area is 105 Å². The Balaban J connectivity index is 2.27. The summed E-state index contributed by atoms with van der Waals surface area (Å²) in [4.78, 5) is 0. The molecule has 0 aliphatic carbocycles. The van der Waals surface area contributed by atoms with Crippen LogP contribution in [-0.4, -0.2) is 16.7 Å². The summed E-state index contributed by atoms with van der Waals surface area (Å²) in [7, 11) is 0. The lowest BCUT2D eigenvalue weighted by molar-refractivity contribution is 0.482. The van der Waals surface area contributed by atoms with Crippen molar-refractivity contribution in [3.63, 3.8) is 0 Å². The lowest BCUT2D eigenvalue weighted by Gasteiger charge is -2.02. The predicted octanol–water partition coefficient (Wildman–Crippen LogP) is 2.81. The van der Waals surface area contributed by atoms with Crippen LogP contribution in [0, 0.1) is 6.92 Å². The number of benzene rings is 1.